The summed E-state index contributed by atoms with van der Waals surface area (Å²) in [7, 11) is -7.36. The highest BCUT2D eigenvalue weighted by molar-refractivity contribution is 7.93. The predicted molar refractivity (Wildman–Crippen MR) is 81.3 cm³/mol. The van der Waals surface area contributed by atoms with Crippen LogP contribution in [0, 0.1) is 5.92 Å². The Hall–Kier alpha value is -0.920. The Morgan fingerprint density at radius 2 is 1.67 bits per heavy atom. The van der Waals surface area contributed by atoms with Gasteiger partial charge in [-0.1, -0.05) is 19.1 Å². The predicted octanol–water partition coefficient (Wildman–Crippen LogP) is 1.90. The Labute approximate surface area is 126 Å². The molecule has 7 heteroatoms. The van der Waals surface area contributed by atoms with E-state index in [4.69, 9.17) is 0 Å². The van der Waals surface area contributed by atoms with Crippen LogP contribution in [0.15, 0.2) is 34.1 Å². The van der Waals surface area contributed by atoms with E-state index in [2.05, 4.69) is 0 Å². The standard InChI is InChI=1S/C14H21NO4S2/c1-3-10-15(11-12-8-9-12)21(18,19)14-7-5-4-6-13(14)20(2,16)17/h4-7,12H,3,8-11H2,1-2H3. The average Bonchev–Trinajstić information content (AvgIpc) is 3.21. The third kappa shape index (κ3) is 3.84. The fourth-order valence-corrected chi connectivity index (χ4v) is 5.47. The van der Waals surface area contributed by atoms with Crippen molar-refractivity contribution in [3.05, 3.63) is 24.3 Å². The zero-order chi connectivity index (χ0) is 15.7. The maximum Gasteiger partial charge on any atom is 0.244 e. The Morgan fingerprint density at radius 3 is 2.14 bits per heavy atom. The van der Waals surface area contributed by atoms with Crippen molar-refractivity contribution in [2.45, 2.75) is 36.0 Å². The Balaban J connectivity index is 2.46. The summed E-state index contributed by atoms with van der Waals surface area (Å²) in [5, 5.41) is 0. The number of sulfonamides is 1. The molecule has 1 aliphatic carbocycles. The second-order valence-corrected chi connectivity index (χ2v) is 9.42. The van der Waals surface area contributed by atoms with Crippen LogP contribution in [-0.4, -0.2) is 40.5 Å². The SMILES string of the molecule is CCCN(CC1CC1)S(=O)(=O)c1ccccc1S(C)(=O)=O. The summed E-state index contributed by atoms with van der Waals surface area (Å²) in [6.45, 7) is 2.81. The quantitative estimate of drug-likeness (QED) is 0.765. The lowest BCUT2D eigenvalue weighted by atomic mass is 10.4. The summed E-state index contributed by atoms with van der Waals surface area (Å²) in [6.07, 6.45) is 3.83. The van der Waals surface area contributed by atoms with Gasteiger partial charge in [-0.25, -0.2) is 16.8 Å². The first-order valence-corrected chi connectivity index (χ1v) is 10.4. The molecule has 0 spiro atoms. The maximum atomic E-state index is 12.8. The highest BCUT2D eigenvalue weighted by Crippen LogP contribution is 2.32. The van der Waals surface area contributed by atoms with E-state index >= 15 is 0 Å². The first-order chi connectivity index (χ1) is 9.76. The molecule has 0 atom stereocenters. The molecular formula is C14H21NO4S2. The minimum atomic E-state index is -3.78. The molecule has 0 bridgehead atoms. The smallest absolute Gasteiger partial charge is 0.224 e. The maximum absolute atomic E-state index is 12.8. The van der Waals surface area contributed by atoms with Gasteiger partial charge in [-0.05, 0) is 37.3 Å². The fourth-order valence-electron chi connectivity index (χ4n) is 2.26. The second kappa shape index (κ2) is 6.06. The molecule has 0 unspecified atom stereocenters. The fraction of sp³-hybridized carbons (Fsp3) is 0.571. The summed E-state index contributed by atoms with van der Waals surface area (Å²) < 4.78 is 50.7. The number of hydrogen-bond acceptors (Lipinski definition) is 4. The van der Waals surface area contributed by atoms with Gasteiger partial charge in [-0.3, -0.25) is 0 Å². The van der Waals surface area contributed by atoms with Gasteiger partial charge < -0.3 is 0 Å². The van der Waals surface area contributed by atoms with Gasteiger partial charge in [0.1, 0.15) is 4.90 Å². The highest BCUT2D eigenvalue weighted by Gasteiger charge is 2.33. The zero-order valence-electron chi connectivity index (χ0n) is 12.3. The molecule has 0 radical (unpaired) electrons. The molecule has 0 aliphatic heterocycles. The summed E-state index contributed by atoms with van der Waals surface area (Å²) in [5.41, 5.74) is 0. The monoisotopic (exact) mass is 331 g/mol. The molecule has 1 aromatic rings. The first kappa shape index (κ1) is 16.5. The van der Waals surface area contributed by atoms with Crippen LogP contribution >= 0.6 is 0 Å². The molecule has 118 valence electrons. The topological polar surface area (TPSA) is 71.5 Å². The van der Waals surface area contributed by atoms with Gasteiger partial charge >= 0.3 is 0 Å². The van der Waals surface area contributed by atoms with Crippen molar-refractivity contribution < 1.29 is 16.8 Å². The van der Waals surface area contributed by atoms with Crippen molar-refractivity contribution in [1.82, 2.24) is 4.31 Å². The summed E-state index contributed by atoms with van der Waals surface area (Å²) in [4.78, 5) is -0.233. The minimum absolute atomic E-state index is 0.110. The molecule has 0 aromatic heterocycles. The molecule has 1 saturated carbocycles. The number of hydrogen-bond donors (Lipinski definition) is 0. The third-order valence-corrected chi connectivity index (χ3v) is 6.71. The van der Waals surface area contributed by atoms with Gasteiger partial charge in [0, 0.05) is 19.3 Å². The van der Waals surface area contributed by atoms with Crippen LogP contribution in [0.2, 0.25) is 0 Å². The van der Waals surface area contributed by atoms with E-state index in [0.29, 0.717) is 25.4 Å². The van der Waals surface area contributed by atoms with Crippen molar-refractivity contribution in [3.63, 3.8) is 0 Å². The molecule has 2 rings (SSSR count). The molecule has 1 aliphatic rings. The van der Waals surface area contributed by atoms with Crippen LogP contribution in [0.4, 0.5) is 0 Å². The number of rotatable bonds is 7. The van der Waals surface area contributed by atoms with Crippen molar-refractivity contribution >= 4 is 19.9 Å². The summed E-state index contributed by atoms with van der Waals surface area (Å²) in [5.74, 6) is 0.414. The van der Waals surface area contributed by atoms with Gasteiger partial charge in [-0.15, -0.1) is 0 Å². The van der Waals surface area contributed by atoms with Crippen molar-refractivity contribution in [2.75, 3.05) is 19.3 Å². The van der Waals surface area contributed by atoms with Crippen LogP contribution in [0.3, 0.4) is 0 Å². The van der Waals surface area contributed by atoms with Crippen LogP contribution < -0.4 is 0 Å². The molecule has 1 aromatic carbocycles. The first-order valence-electron chi connectivity index (χ1n) is 7.06. The third-order valence-electron chi connectivity index (χ3n) is 3.50. The van der Waals surface area contributed by atoms with E-state index in [9.17, 15) is 16.8 Å². The van der Waals surface area contributed by atoms with E-state index < -0.39 is 19.9 Å². The normalized spacial score (nSPS) is 16.3. The lowest BCUT2D eigenvalue weighted by molar-refractivity contribution is 0.394. The molecule has 0 saturated heterocycles. The van der Waals surface area contributed by atoms with Crippen LogP contribution in [0.25, 0.3) is 0 Å². The van der Waals surface area contributed by atoms with Crippen LogP contribution in [0.5, 0.6) is 0 Å². The molecule has 0 heterocycles. The Kier molecular flexibility index (Phi) is 4.75. The Morgan fingerprint density at radius 1 is 1.10 bits per heavy atom. The van der Waals surface area contributed by atoms with E-state index in [1.54, 1.807) is 12.1 Å². The molecule has 0 N–H and O–H groups in total. The van der Waals surface area contributed by atoms with E-state index in [-0.39, 0.29) is 9.79 Å². The lowest BCUT2D eigenvalue weighted by Gasteiger charge is -2.22. The summed E-state index contributed by atoms with van der Waals surface area (Å²) >= 11 is 0. The Bertz CT molecular complexity index is 706. The van der Waals surface area contributed by atoms with E-state index in [1.807, 2.05) is 6.92 Å². The van der Waals surface area contributed by atoms with Crippen molar-refractivity contribution in [1.29, 1.82) is 0 Å². The van der Waals surface area contributed by atoms with E-state index in [0.717, 1.165) is 19.1 Å². The van der Waals surface area contributed by atoms with Gasteiger partial charge in [0.05, 0.1) is 4.90 Å². The highest BCUT2D eigenvalue weighted by atomic mass is 32.2. The second-order valence-electron chi connectivity index (χ2n) is 5.53. The van der Waals surface area contributed by atoms with Crippen molar-refractivity contribution in [2.24, 2.45) is 5.92 Å². The molecule has 21 heavy (non-hydrogen) atoms. The van der Waals surface area contributed by atoms with Crippen LogP contribution in [-0.2, 0) is 19.9 Å². The van der Waals surface area contributed by atoms with Gasteiger partial charge in [0.2, 0.25) is 10.0 Å². The van der Waals surface area contributed by atoms with Gasteiger partial charge in [0.15, 0.2) is 9.84 Å². The van der Waals surface area contributed by atoms with Crippen molar-refractivity contribution in [3.8, 4) is 0 Å². The largest absolute Gasteiger partial charge is 0.244 e. The number of nitrogens with zero attached hydrogens (tertiary/aromatic N) is 1. The van der Waals surface area contributed by atoms with Crippen LogP contribution in [0.1, 0.15) is 26.2 Å². The minimum Gasteiger partial charge on any atom is -0.224 e. The lowest BCUT2D eigenvalue weighted by Crippen LogP contribution is -2.34. The molecule has 0 amide bonds. The molecule has 1 fully saturated rings. The molecule has 5 nitrogen and oxygen atoms in total. The zero-order valence-corrected chi connectivity index (χ0v) is 14.0. The number of benzene rings is 1. The van der Waals surface area contributed by atoms with Gasteiger partial charge in [-0.2, -0.15) is 4.31 Å². The summed E-state index contributed by atoms with van der Waals surface area (Å²) in [6, 6.07) is 5.83. The van der Waals surface area contributed by atoms with E-state index in [1.165, 1.54) is 16.4 Å². The number of sulfone groups is 1. The molecular weight excluding hydrogens is 310 g/mol. The average molecular weight is 331 g/mol. The van der Waals surface area contributed by atoms with Gasteiger partial charge in [0.25, 0.3) is 0 Å².